The molecule has 0 aliphatic heterocycles. The van der Waals surface area contributed by atoms with Crippen LogP contribution in [-0.2, 0) is 4.79 Å². The Labute approximate surface area is 133 Å². The number of furan rings is 1. The second-order valence-corrected chi connectivity index (χ2v) is 5.83. The first-order valence-corrected chi connectivity index (χ1v) is 7.76. The number of nitrogens with zero attached hydrogens (tertiary/aromatic N) is 3. The summed E-state index contributed by atoms with van der Waals surface area (Å²) in [6.07, 6.45) is 1.57. The van der Waals surface area contributed by atoms with E-state index in [4.69, 9.17) is 4.42 Å². The largest absolute Gasteiger partial charge is 0.466 e. The molecule has 7 heteroatoms. The Bertz CT molecular complexity index is 689. The van der Waals surface area contributed by atoms with Gasteiger partial charge in [-0.25, -0.2) is 15.4 Å². The SMILES string of the molecule is Cc1cc(C)nc(SCC(=O)N/N=C/c2cc(C)oc2C)n1. The summed E-state index contributed by atoms with van der Waals surface area (Å²) >= 11 is 1.28. The van der Waals surface area contributed by atoms with Gasteiger partial charge in [-0.15, -0.1) is 0 Å². The van der Waals surface area contributed by atoms with Crippen LogP contribution in [0, 0.1) is 27.7 Å². The van der Waals surface area contributed by atoms with E-state index >= 15 is 0 Å². The molecule has 6 nitrogen and oxygen atoms in total. The number of hydrogen-bond acceptors (Lipinski definition) is 6. The molecule has 0 spiro atoms. The van der Waals surface area contributed by atoms with E-state index in [1.165, 1.54) is 11.8 Å². The Balaban J connectivity index is 1.84. The van der Waals surface area contributed by atoms with Crippen LogP contribution in [0.1, 0.15) is 28.5 Å². The highest BCUT2D eigenvalue weighted by molar-refractivity contribution is 7.99. The van der Waals surface area contributed by atoms with Gasteiger partial charge in [-0.1, -0.05) is 11.8 Å². The van der Waals surface area contributed by atoms with E-state index < -0.39 is 0 Å². The molecule has 0 saturated heterocycles. The van der Waals surface area contributed by atoms with E-state index in [1.54, 1.807) is 6.21 Å². The van der Waals surface area contributed by atoms with Gasteiger partial charge in [0, 0.05) is 17.0 Å². The van der Waals surface area contributed by atoms with Crippen LogP contribution in [0.15, 0.2) is 26.8 Å². The van der Waals surface area contributed by atoms with E-state index in [2.05, 4.69) is 20.5 Å². The third kappa shape index (κ3) is 4.70. The van der Waals surface area contributed by atoms with E-state index in [9.17, 15) is 4.79 Å². The number of hydrazone groups is 1. The number of thioether (sulfide) groups is 1. The van der Waals surface area contributed by atoms with E-state index in [-0.39, 0.29) is 11.7 Å². The molecule has 0 fully saturated rings. The van der Waals surface area contributed by atoms with Gasteiger partial charge in [0.1, 0.15) is 11.5 Å². The maximum Gasteiger partial charge on any atom is 0.250 e. The molecule has 0 aliphatic rings. The Kier molecular flexibility index (Phi) is 5.32. The van der Waals surface area contributed by atoms with Crippen LogP contribution in [0.25, 0.3) is 0 Å². The van der Waals surface area contributed by atoms with Crippen LogP contribution in [0.4, 0.5) is 0 Å². The lowest BCUT2D eigenvalue weighted by Gasteiger charge is -2.02. The number of hydrogen-bond donors (Lipinski definition) is 1. The lowest BCUT2D eigenvalue weighted by molar-refractivity contribution is -0.118. The molecule has 2 aromatic heterocycles. The van der Waals surface area contributed by atoms with Gasteiger partial charge in [0.2, 0.25) is 0 Å². The van der Waals surface area contributed by atoms with Crippen molar-refractivity contribution in [3.05, 3.63) is 40.6 Å². The van der Waals surface area contributed by atoms with Crippen molar-refractivity contribution < 1.29 is 9.21 Å². The molecule has 1 amide bonds. The molecular weight excluding hydrogens is 300 g/mol. The maximum absolute atomic E-state index is 11.7. The number of aryl methyl sites for hydroxylation is 4. The van der Waals surface area contributed by atoms with Gasteiger partial charge in [-0.3, -0.25) is 4.79 Å². The average Bonchev–Trinajstić information content (AvgIpc) is 2.74. The summed E-state index contributed by atoms with van der Waals surface area (Å²) in [4.78, 5) is 20.3. The number of carbonyl (C=O) groups is 1. The van der Waals surface area contributed by atoms with Crippen LogP contribution in [0.3, 0.4) is 0 Å². The molecule has 0 aromatic carbocycles. The molecule has 116 valence electrons. The Morgan fingerprint density at radius 3 is 2.55 bits per heavy atom. The zero-order valence-electron chi connectivity index (χ0n) is 13.0. The van der Waals surface area contributed by atoms with Gasteiger partial charge in [0.05, 0.1) is 12.0 Å². The molecule has 2 heterocycles. The molecule has 0 bridgehead atoms. The number of aromatic nitrogens is 2. The lowest BCUT2D eigenvalue weighted by atomic mass is 10.3. The van der Waals surface area contributed by atoms with E-state index in [0.717, 1.165) is 28.5 Å². The molecule has 1 N–H and O–H groups in total. The summed E-state index contributed by atoms with van der Waals surface area (Å²) in [5.74, 6) is 1.59. The third-order valence-corrected chi connectivity index (χ3v) is 3.61. The molecule has 22 heavy (non-hydrogen) atoms. The van der Waals surface area contributed by atoms with Crippen LogP contribution >= 0.6 is 11.8 Å². The number of nitrogens with one attached hydrogen (secondary N) is 1. The minimum absolute atomic E-state index is 0.207. The first kappa shape index (κ1) is 16.2. The summed E-state index contributed by atoms with van der Waals surface area (Å²) in [7, 11) is 0. The second-order valence-electron chi connectivity index (χ2n) is 4.88. The van der Waals surface area contributed by atoms with Crippen molar-refractivity contribution in [2.45, 2.75) is 32.9 Å². The molecular formula is C15H18N4O2S. The smallest absolute Gasteiger partial charge is 0.250 e. The molecule has 0 aliphatic carbocycles. The van der Waals surface area contributed by atoms with Gasteiger partial charge >= 0.3 is 0 Å². The van der Waals surface area contributed by atoms with Gasteiger partial charge < -0.3 is 4.42 Å². The number of rotatable bonds is 5. The van der Waals surface area contributed by atoms with Gasteiger partial charge in [-0.05, 0) is 39.8 Å². The van der Waals surface area contributed by atoms with Crippen molar-refractivity contribution in [3.8, 4) is 0 Å². The van der Waals surface area contributed by atoms with Gasteiger partial charge in [0.15, 0.2) is 5.16 Å². The van der Waals surface area contributed by atoms with Crippen molar-refractivity contribution in [3.63, 3.8) is 0 Å². The van der Waals surface area contributed by atoms with Crippen LogP contribution in [-0.4, -0.2) is 27.8 Å². The zero-order valence-corrected chi connectivity index (χ0v) is 13.8. The normalized spacial score (nSPS) is 11.1. The van der Waals surface area contributed by atoms with Crippen molar-refractivity contribution in [1.29, 1.82) is 0 Å². The predicted molar refractivity (Wildman–Crippen MR) is 86.1 cm³/mol. The zero-order chi connectivity index (χ0) is 16.1. The highest BCUT2D eigenvalue weighted by Gasteiger charge is 2.06. The lowest BCUT2D eigenvalue weighted by Crippen LogP contribution is -2.19. The van der Waals surface area contributed by atoms with E-state index in [0.29, 0.717) is 5.16 Å². The topological polar surface area (TPSA) is 80.4 Å². The van der Waals surface area contributed by atoms with E-state index in [1.807, 2.05) is 39.8 Å². The quantitative estimate of drug-likeness (QED) is 0.396. The van der Waals surface area contributed by atoms with Crippen molar-refractivity contribution in [2.75, 3.05) is 5.75 Å². The van der Waals surface area contributed by atoms with Crippen LogP contribution < -0.4 is 5.43 Å². The minimum atomic E-state index is -0.207. The van der Waals surface area contributed by atoms with Gasteiger partial charge in [-0.2, -0.15) is 5.10 Å². The summed E-state index contributed by atoms with van der Waals surface area (Å²) < 4.78 is 5.38. The Hall–Kier alpha value is -2.15. The minimum Gasteiger partial charge on any atom is -0.466 e. The summed E-state index contributed by atoms with van der Waals surface area (Å²) in [6, 6.07) is 3.76. The highest BCUT2D eigenvalue weighted by atomic mass is 32.2. The van der Waals surface area contributed by atoms with Crippen LogP contribution in [0.2, 0.25) is 0 Å². The molecule has 0 radical (unpaired) electrons. The van der Waals surface area contributed by atoms with Crippen molar-refractivity contribution in [1.82, 2.24) is 15.4 Å². The molecule has 2 aromatic rings. The fourth-order valence-electron chi connectivity index (χ4n) is 1.87. The fraction of sp³-hybridized carbons (Fsp3) is 0.333. The van der Waals surface area contributed by atoms with Gasteiger partial charge in [0.25, 0.3) is 5.91 Å². The van der Waals surface area contributed by atoms with Crippen molar-refractivity contribution >= 4 is 23.9 Å². The fourth-order valence-corrected chi connectivity index (χ4v) is 2.61. The summed E-state index contributed by atoms with van der Waals surface area (Å²) in [5, 5.41) is 4.52. The third-order valence-electron chi connectivity index (χ3n) is 2.77. The van der Waals surface area contributed by atoms with Crippen molar-refractivity contribution in [2.24, 2.45) is 5.10 Å². The predicted octanol–water partition coefficient (Wildman–Crippen LogP) is 2.55. The number of carbonyl (C=O) groups excluding carboxylic acids is 1. The first-order chi connectivity index (χ1) is 10.4. The highest BCUT2D eigenvalue weighted by Crippen LogP contribution is 2.13. The number of amides is 1. The average molecular weight is 318 g/mol. The monoisotopic (exact) mass is 318 g/mol. The maximum atomic E-state index is 11.7. The summed E-state index contributed by atoms with van der Waals surface area (Å²) in [6.45, 7) is 7.52. The van der Waals surface area contributed by atoms with Crippen LogP contribution in [0.5, 0.6) is 0 Å². The Morgan fingerprint density at radius 1 is 1.27 bits per heavy atom. The standard InChI is InChI=1S/C15H18N4O2S/c1-9-5-10(2)18-15(17-9)22-8-14(20)19-16-7-13-6-11(3)21-12(13)4/h5-7H,8H2,1-4H3,(H,19,20)/b16-7+. The Morgan fingerprint density at radius 2 is 1.95 bits per heavy atom. The molecule has 0 unspecified atom stereocenters. The molecule has 0 saturated carbocycles. The summed E-state index contributed by atoms with van der Waals surface area (Å²) in [5.41, 5.74) is 5.11. The molecule has 0 atom stereocenters. The molecule has 2 rings (SSSR count). The first-order valence-electron chi connectivity index (χ1n) is 6.78. The second kappa shape index (κ2) is 7.22.